The van der Waals surface area contributed by atoms with E-state index in [4.69, 9.17) is 0 Å². The summed E-state index contributed by atoms with van der Waals surface area (Å²) in [6.45, 7) is 4.25. The molecule has 0 fully saturated rings. The zero-order valence-corrected chi connectivity index (χ0v) is 21.2. The lowest BCUT2D eigenvalue weighted by molar-refractivity contribution is 1.27. The second-order valence-electron chi connectivity index (χ2n) is 9.74. The number of nitrogens with zero attached hydrogens (tertiary/aromatic N) is 1. The summed E-state index contributed by atoms with van der Waals surface area (Å²) in [5, 5.41) is 5.00. The number of rotatable bonds is 5. The molecule has 37 heavy (non-hydrogen) atoms. The molecule has 0 saturated heterocycles. The van der Waals surface area contributed by atoms with Gasteiger partial charge >= 0.3 is 0 Å². The largest absolute Gasteiger partial charge is 0.310 e. The molecule has 6 rings (SSSR count). The molecule has 0 amide bonds. The van der Waals surface area contributed by atoms with Gasteiger partial charge in [0, 0.05) is 17.1 Å². The number of hydrogen-bond donors (Lipinski definition) is 0. The van der Waals surface area contributed by atoms with E-state index in [1.807, 2.05) is 0 Å². The third-order valence-corrected chi connectivity index (χ3v) is 6.93. The van der Waals surface area contributed by atoms with E-state index >= 15 is 0 Å². The first-order chi connectivity index (χ1) is 18.1. The molecule has 0 atom stereocenters. The Balaban J connectivity index is 1.33. The summed E-state index contributed by atoms with van der Waals surface area (Å²) in [7, 11) is 0. The van der Waals surface area contributed by atoms with Gasteiger partial charge in [0.2, 0.25) is 0 Å². The van der Waals surface area contributed by atoms with Gasteiger partial charge in [-0.25, -0.2) is 0 Å². The zero-order chi connectivity index (χ0) is 25.2. The van der Waals surface area contributed by atoms with Crippen LogP contribution >= 0.6 is 0 Å². The fourth-order valence-electron chi connectivity index (χ4n) is 4.83. The van der Waals surface area contributed by atoms with Crippen molar-refractivity contribution in [3.05, 3.63) is 150 Å². The van der Waals surface area contributed by atoms with Crippen LogP contribution in [0.3, 0.4) is 0 Å². The first-order valence-electron chi connectivity index (χ1n) is 12.8. The first-order valence-corrected chi connectivity index (χ1v) is 12.8. The van der Waals surface area contributed by atoms with Gasteiger partial charge in [0.05, 0.1) is 0 Å². The lowest BCUT2D eigenvalue weighted by Gasteiger charge is -2.26. The molecule has 0 heterocycles. The standard InChI is InChI=1S/C36H29N/c1-26-7-18-34(19-8-26)37(35-20-9-27(2)10-21-35)36-22-17-32-24-29(14-16-33(32)25-36)12-11-28-13-15-30-5-3-4-6-31(30)23-28/h3-25H,1-2H3/b12-11+. The van der Waals surface area contributed by atoms with Crippen LogP contribution in [0.2, 0.25) is 0 Å². The maximum atomic E-state index is 2.33. The highest BCUT2D eigenvalue weighted by molar-refractivity contribution is 5.92. The van der Waals surface area contributed by atoms with Gasteiger partial charge in [-0.2, -0.15) is 0 Å². The van der Waals surface area contributed by atoms with Crippen LogP contribution < -0.4 is 4.90 Å². The third-order valence-electron chi connectivity index (χ3n) is 6.93. The average molecular weight is 476 g/mol. The number of anilines is 3. The second-order valence-corrected chi connectivity index (χ2v) is 9.74. The van der Waals surface area contributed by atoms with Gasteiger partial charge in [-0.1, -0.05) is 102 Å². The van der Waals surface area contributed by atoms with E-state index in [0.717, 1.165) is 17.1 Å². The van der Waals surface area contributed by atoms with E-state index in [1.165, 1.54) is 43.8 Å². The molecule has 1 heteroatoms. The van der Waals surface area contributed by atoms with E-state index in [-0.39, 0.29) is 0 Å². The summed E-state index contributed by atoms with van der Waals surface area (Å²) in [5.41, 5.74) is 8.39. The van der Waals surface area contributed by atoms with Crippen molar-refractivity contribution in [3.63, 3.8) is 0 Å². The van der Waals surface area contributed by atoms with Crippen LogP contribution in [-0.2, 0) is 0 Å². The Morgan fingerprint density at radius 2 is 0.838 bits per heavy atom. The first kappa shape index (κ1) is 22.8. The summed E-state index contributed by atoms with van der Waals surface area (Å²) >= 11 is 0. The average Bonchev–Trinajstić information content (AvgIpc) is 2.94. The van der Waals surface area contributed by atoms with Crippen LogP contribution in [0.15, 0.2) is 127 Å². The molecule has 0 aliphatic carbocycles. The maximum absolute atomic E-state index is 2.33. The molecule has 178 valence electrons. The number of aryl methyl sites for hydroxylation is 2. The van der Waals surface area contributed by atoms with Crippen LogP contribution in [0, 0.1) is 13.8 Å². The van der Waals surface area contributed by atoms with E-state index in [0.29, 0.717) is 0 Å². The highest BCUT2D eigenvalue weighted by Crippen LogP contribution is 2.36. The third kappa shape index (κ3) is 4.90. The van der Waals surface area contributed by atoms with Crippen LogP contribution in [0.4, 0.5) is 17.1 Å². The molecule has 0 aliphatic heterocycles. The Labute approximate surface area is 218 Å². The molecular weight excluding hydrogens is 446 g/mol. The van der Waals surface area contributed by atoms with Gasteiger partial charge in [0.25, 0.3) is 0 Å². The highest BCUT2D eigenvalue weighted by atomic mass is 15.1. The van der Waals surface area contributed by atoms with Crippen molar-refractivity contribution in [1.29, 1.82) is 0 Å². The predicted octanol–water partition coefficient (Wildman–Crippen LogP) is 10.3. The normalized spacial score (nSPS) is 11.4. The van der Waals surface area contributed by atoms with Crippen molar-refractivity contribution in [2.45, 2.75) is 13.8 Å². The Kier molecular flexibility index (Phi) is 6.04. The summed E-state index contributed by atoms with van der Waals surface area (Å²) in [6.07, 6.45) is 4.39. The molecule has 0 aliphatic rings. The SMILES string of the molecule is Cc1ccc(N(c2ccc(C)cc2)c2ccc3cc(/C=C/c4ccc5ccccc5c4)ccc3c2)cc1. The van der Waals surface area contributed by atoms with Gasteiger partial charge in [0.1, 0.15) is 0 Å². The molecule has 0 N–H and O–H groups in total. The topological polar surface area (TPSA) is 3.24 Å². The smallest absolute Gasteiger partial charge is 0.0468 e. The summed E-state index contributed by atoms with van der Waals surface area (Å²) in [6, 6.07) is 46.0. The van der Waals surface area contributed by atoms with Crippen LogP contribution in [0.1, 0.15) is 22.3 Å². The van der Waals surface area contributed by atoms with Crippen molar-refractivity contribution >= 4 is 50.8 Å². The molecule has 1 nitrogen and oxygen atoms in total. The number of benzene rings is 6. The molecular formula is C36H29N. The minimum Gasteiger partial charge on any atom is -0.310 e. The molecule has 0 radical (unpaired) electrons. The minimum atomic E-state index is 1.15. The lowest BCUT2D eigenvalue weighted by atomic mass is 10.0. The van der Waals surface area contributed by atoms with Gasteiger partial charge in [-0.15, -0.1) is 0 Å². The highest BCUT2D eigenvalue weighted by Gasteiger charge is 2.13. The molecule has 6 aromatic rings. The van der Waals surface area contributed by atoms with Crippen molar-refractivity contribution in [2.75, 3.05) is 4.90 Å². The molecule has 0 aromatic heterocycles. The lowest BCUT2D eigenvalue weighted by Crippen LogP contribution is -2.09. The van der Waals surface area contributed by atoms with Crippen LogP contribution in [0.5, 0.6) is 0 Å². The Morgan fingerprint density at radius 3 is 1.43 bits per heavy atom. The summed E-state index contributed by atoms with van der Waals surface area (Å²) in [5.74, 6) is 0. The van der Waals surface area contributed by atoms with E-state index in [2.05, 4.69) is 158 Å². The molecule has 0 saturated carbocycles. The van der Waals surface area contributed by atoms with Crippen molar-refractivity contribution in [1.82, 2.24) is 0 Å². The number of fused-ring (bicyclic) bond motifs is 2. The quantitative estimate of drug-likeness (QED) is 0.224. The Hall–Kier alpha value is -4.62. The predicted molar refractivity (Wildman–Crippen MR) is 161 cm³/mol. The molecule has 0 unspecified atom stereocenters. The fourth-order valence-corrected chi connectivity index (χ4v) is 4.83. The second kappa shape index (κ2) is 9.79. The van der Waals surface area contributed by atoms with E-state index in [1.54, 1.807) is 0 Å². The van der Waals surface area contributed by atoms with E-state index < -0.39 is 0 Å². The van der Waals surface area contributed by atoms with Gasteiger partial charge in [-0.3, -0.25) is 0 Å². The van der Waals surface area contributed by atoms with Crippen LogP contribution in [-0.4, -0.2) is 0 Å². The molecule has 6 aromatic carbocycles. The monoisotopic (exact) mass is 475 g/mol. The van der Waals surface area contributed by atoms with Gasteiger partial charge in [0.15, 0.2) is 0 Å². The summed E-state index contributed by atoms with van der Waals surface area (Å²) < 4.78 is 0. The van der Waals surface area contributed by atoms with Crippen molar-refractivity contribution < 1.29 is 0 Å². The molecule has 0 spiro atoms. The summed E-state index contributed by atoms with van der Waals surface area (Å²) in [4.78, 5) is 2.33. The van der Waals surface area contributed by atoms with Gasteiger partial charge < -0.3 is 4.90 Å². The van der Waals surface area contributed by atoms with Crippen molar-refractivity contribution in [2.24, 2.45) is 0 Å². The van der Waals surface area contributed by atoms with Gasteiger partial charge in [-0.05, 0) is 95.1 Å². The Bertz CT molecular complexity index is 1680. The fraction of sp³-hybridized carbons (Fsp3) is 0.0556. The van der Waals surface area contributed by atoms with E-state index in [9.17, 15) is 0 Å². The zero-order valence-electron chi connectivity index (χ0n) is 21.2. The Morgan fingerprint density at radius 1 is 0.405 bits per heavy atom. The minimum absolute atomic E-state index is 1.15. The number of hydrogen-bond acceptors (Lipinski definition) is 1. The van der Waals surface area contributed by atoms with Crippen LogP contribution in [0.25, 0.3) is 33.7 Å². The van der Waals surface area contributed by atoms with Crippen molar-refractivity contribution in [3.8, 4) is 0 Å². The molecule has 0 bridgehead atoms. The maximum Gasteiger partial charge on any atom is 0.0468 e.